The van der Waals surface area contributed by atoms with Gasteiger partial charge in [-0.1, -0.05) is 48.6 Å². The Morgan fingerprint density at radius 2 is 1.91 bits per heavy atom. The van der Waals surface area contributed by atoms with Crippen LogP contribution in [0.5, 0.6) is 11.5 Å². The van der Waals surface area contributed by atoms with Gasteiger partial charge in [-0.25, -0.2) is 18.2 Å². The molecule has 1 fully saturated rings. The SMILES string of the molecule is CCOc1cc(/C=C2/SC(=S)N(NS(=O)(=O)c3ccc(Cl)cc3)C2=O)ccc1OC(CC)C(=O)O. The molecular weight excluding hydrogens is 536 g/mol. The Bertz CT molecular complexity index is 1280. The number of carboxylic acid groups (broad SMARTS) is 1. The Hall–Kier alpha value is -2.64. The van der Waals surface area contributed by atoms with Gasteiger partial charge in [-0.15, -0.1) is 4.83 Å². The van der Waals surface area contributed by atoms with Crippen LogP contribution in [0.4, 0.5) is 0 Å². The molecule has 0 radical (unpaired) electrons. The summed E-state index contributed by atoms with van der Waals surface area (Å²) < 4.78 is 36.5. The van der Waals surface area contributed by atoms with Crippen molar-refractivity contribution in [2.75, 3.05) is 6.61 Å². The maximum atomic E-state index is 12.9. The number of halogens is 1. The number of aliphatic carboxylic acids is 1. The number of amides is 1. The first-order valence-electron chi connectivity index (χ1n) is 10.3. The summed E-state index contributed by atoms with van der Waals surface area (Å²) >= 11 is 11.9. The zero-order valence-electron chi connectivity index (χ0n) is 18.6. The van der Waals surface area contributed by atoms with E-state index < -0.39 is 28.0 Å². The highest BCUT2D eigenvalue weighted by Crippen LogP contribution is 2.35. The Kier molecular flexibility index (Phi) is 8.78. The van der Waals surface area contributed by atoms with Gasteiger partial charge in [0.25, 0.3) is 15.9 Å². The van der Waals surface area contributed by atoms with E-state index in [9.17, 15) is 23.1 Å². The van der Waals surface area contributed by atoms with E-state index in [1.165, 1.54) is 30.3 Å². The lowest BCUT2D eigenvalue weighted by molar-refractivity contribution is -0.145. The third-order valence-electron chi connectivity index (χ3n) is 4.61. The van der Waals surface area contributed by atoms with Crippen LogP contribution in [0, 0.1) is 0 Å². The highest BCUT2D eigenvalue weighted by molar-refractivity contribution is 8.26. The molecule has 2 aromatic carbocycles. The number of hydrogen-bond donors (Lipinski definition) is 2. The number of carbonyl (C=O) groups excluding carboxylic acids is 1. The molecule has 1 heterocycles. The first-order valence-corrected chi connectivity index (χ1v) is 13.4. The molecule has 2 N–H and O–H groups in total. The molecule has 1 aliphatic heterocycles. The molecule has 1 atom stereocenters. The van der Waals surface area contributed by atoms with Crippen molar-refractivity contribution in [3.05, 3.63) is 58.0 Å². The molecule has 35 heavy (non-hydrogen) atoms. The smallest absolute Gasteiger partial charge is 0.344 e. The van der Waals surface area contributed by atoms with Crippen LogP contribution < -0.4 is 14.3 Å². The van der Waals surface area contributed by atoms with Crippen LogP contribution in [-0.4, -0.2) is 47.4 Å². The number of nitrogens with zero attached hydrogens (tertiary/aromatic N) is 1. The molecule has 0 saturated carbocycles. The van der Waals surface area contributed by atoms with Crippen LogP contribution in [0.3, 0.4) is 0 Å². The van der Waals surface area contributed by atoms with Gasteiger partial charge in [-0.2, -0.15) is 0 Å². The number of rotatable bonds is 10. The summed E-state index contributed by atoms with van der Waals surface area (Å²) in [6.45, 7) is 3.76. The van der Waals surface area contributed by atoms with Gasteiger partial charge < -0.3 is 14.6 Å². The van der Waals surface area contributed by atoms with E-state index in [0.717, 1.165) is 16.8 Å². The number of nitrogens with one attached hydrogen (secondary N) is 1. The van der Waals surface area contributed by atoms with Crippen molar-refractivity contribution in [2.24, 2.45) is 0 Å². The molecule has 1 saturated heterocycles. The molecule has 0 aliphatic carbocycles. The minimum absolute atomic E-state index is 0.0102. The van der Waals surface area contributed by atoms with Crippen molar-refractivity contribution in [1.29, 1.82) is 0 Å². The van der Waals surface area contributed by atoms with Gasteiger partial charge >= 0.3 is 5.97 Å². The van der Waals surface area contributed by atoms with Crippen LogP contribution in [-0.2, 0) is 19.6 Å². The summed E-state index contributed by atoms with van der Waals surface area (Å²) in [6.07, 6.45) is 0.748. The molecule has 13 heteroatoms. The molecule has 0 spiro atoms. The number of hydrazine groups is 1. The van der Waals surface area contributed by atoms with E-state index in [0.29, 0.717) is 22.9 Å². The van der Waals surface area contributed by atoms with E-state index in [1.54, 1.807) is 32.0 Å². The molecule has 9 nitrogen and oxygen atoms in total. The number of hydrogen-bond acceptors (Lipinski definition) is 8. The first-order chi connectivity index (χ1) is 16.6. The summed E-state index contributed by atoms with van der Waals surface area (Å²) in [7, 11) is -4.08. The lowest BCUT2D eigenvalue weighted by atomic mass is 10.1. The second-order valence-corrected chi connectivity index (χ2v) is 10.8. The molecular formula is C22H21ClN2O7S3. The van der Waals surface area contributed by atoms with Crippen LogP contribution >= 0.6 is 35.6 Å². The largest absolute Gasteiger partial charge is 0.490 e. The van der Waals surface area contributed by atoms with Crippen LogP contribution in [0.25, 0.3) is 6.08 Å². The van der Waals surface area contributed by atoms with Crippen molar-refractivity contribution < 1.29 is 32.6 Å². The van der Waals surface area contributed by atoms with Gasteiger partial charge in [0.1, 0.15) is 0 Å². The molecule has 2 aromatic rings. The van der Waals surface area contributed by atoms with E-state index >= 15 is 0 Å². The molecule has 1 amide bonds. The number of thiocarbonyl (C=S) groups is 1. The second kappa shape index (κ2) is 11.4. The first kappa shape index (κ1) is 27.0. The standard InChI is InChI=1S/C22H21ClN2O7S3/c1-3-16(21(27)28)32-17-10-5-13(11-18(17)31-4-2)12-19-20(26)25(22(33)34-19)24-35(29,30)15-8-6-14(23)7-9-15/h5-12,16,24H,3-4H2,1-2H3,(H,27,28)/b19-12+. The van der Waals surface area contributed by atoms with Crippen molar-refractivity contribution in [2.45, 2.75) is 31.3 Å². The monoisotopic (exact) mass is 556 g/mol. The third-order valence-corrected chi connectivity index (χ3v) is 7.48. The fourth-order valence-corrected chi connectivity index (χ4v) is 5.36. The van der Waals surface area contributed by atoms with Gasteiger partial charge in [0.15, 0.2) is 21.9 Å². The van der Waals surface area contributed by atoms with E-state index in [1.807, 2.05) is 0 Å². The summed E-state index contributed by atoms with van der Waals surface area (Å²) in [4.78, 5) is 26.5. The fraction of sp³-hybridized carbons (Fsp3) is 0.227. The van der Waals surface area contributed by atoms with E-state index in [2.05, 4.69) is 4.83 Å². The lowest BCUT2D eigenvalue weighted by Crippen LogP contribution is -2.44. The van der Waals surface area contributed by atoms with Crippen molar-refractivity contribution >= 4 is 67.9 Å². The average Bonchev–Trinajstić information content (AvgIpc) is 3.05. The zero-order valence-corrected chi connectivity index (χ0v) is 21.8. The lowest BCUT2D eigenvalue weighted by Gasteiger charge is -2.17. The molecule has 0 aromatic heterocycles. The Balaban J connectivity index is 1.83. The number of benzene rings is 2. The second-order valence-electron chi connectivity index (χ2n) is 7.06. The quantitative estimate of drug-likeness (QED) is 0.329. The van der Waals surface area contributed by atoms with Gasteiger partial charge in [0, 0.05) is 5.02 Å². The van der Waals surface area contributed by atoms with E-state index in [-0.39, 0.29) is 26.3 Å². The predicted molar refractivity (Wildman–Crippen MR) is 137 cm³/mol. The molecule has 1 aliphatic rings. The minimum atomic E-state index is -4.08. The molecule has 186 valence electrons. The van der Waals surface area contributed by atoms with E-state index in [4.69, 9.17) is 33.3 Å². The predicted octanol–water partition coefficient (Wildman–Crippen LogP) is 4.08. The maximum absolute atomic E-state index is 12.9. The zero-order chi connectivity index (χ0) is 25.8. The van der Waals surface area contributed by atoms with Crippen molar-refractivity contribution in [1.82, 2.24) is 9.84 Å². The summed E-state index contributed by atoms with van der Waals surface area (Å²) in [5.74, 6) is -1.18. The maximum Gasteiger partial charge on any atom is 0.344 e. The fourth-order valence-electron chi connectivity index (χ4n) is 2.93. The minimum Gasteiger partial charge on any atom is -0.490 e. The summed E-state index contributed by atoms with van der Waals surface area (Å²) in [5.41, 5.74) is 0.547. The van der Waals surface area contributed by atoms with Crippen LogP contribution in [0.15, 0.2) is 52.3 Å². The number of sulfonamides is 1. The summed E-state index contributed by atoms with van der Waals surface area (Å²) in [6, 6.07) is 10.2. The van der Waals surface area contributed by atoms with Gasteiger partial charge in [-0.05, 0) is 61.4 Å². The normalized spacial score (nSPS) is 16.0. The van der Waals surface area contributed by atoms with Gasteiger partial charge in [-0.3, -0.25) is 4.79 Å². The topological polar surface area (TPSA) is 122 Å². The Labute approximate surface area is 217 Å². The highest BCUT2D eigenvalue weighted by Gasteiger charge is 2.35. The average molecular weight is 557 g/mol. The van der Waals surface area contributed by atoms with Gasteiger partial charge in [0.2, 0.25) is 0 Å². The van der Waals surface area contributed by atoms with Crippen molar-refractivity contribution in [3.8, 4) is 11.5 Å². The molecule has 3 rings (SSSR count). The van der Waals surface area contributed by atoms with Gasteiger partial charge in [0.05, 0.1) is 16.4 Å². The Morgan fingerprint density at radius 3 is 2.51 bits per heavy atom. The molecule has 0 bridgehead atoms. The number of thioether (sulfide) groups is 1. The Morgan fingerprint density at radius 1 is 1.23 bits per heavy atom. The number of carbonyl (C=O) groups is 2. The third kappa shape index (κ3) is 6.53. The van der Waals surface area contributed by atoms with Crippen molar-refractivity contribution in [3.63, 3.8) is 0 Å². The van der Waals surface area contributed by atoms with Crippen LogP contribution in [0.1, 0.15) is 25.8 Å². The molecule has 1 unspecified atom stereocenters. The van der Waals surface area contributed by atoms with Crippen LogP contribution in [0.2, 0.25) is 5.02 Å². The summed E-state index contributed by atoms with van der Waals surface area (Å²) in [5, 5.41) is 10.4. The highest BCUT2D eigenvalue weighted by atomic mass is 35.5. The number of carboxylic acids is 1. The number of ether oxygens (including phenoxy) is 2.